The number of nitrogens with zero attached hydrogens (tertiary/aromatic N) is 1. The summed E-state index contributed by atoms with van der Waals surface area (Å²) in [7, 11) is 1.69. The number of aryl methyl sites for hydroxylation is 1. The van der Waals surface area contributed by atoms with Gasteiger partial charge in [0.05, 0.1) is 13.7 Å². The van der Waals surface area contributed by atoms with Gasteiger partial charge in [-0.1, -0.05) is 19.9 Å². The fourth-order valence-corrected chi connectivity index (χ4v) is 2.78. The molecule has 1 atom stereocenters. The van der Waals surface area contributed by atoms with Crippen LogP contribution in [0, 0.1) is 6.92 Å². The summed E-state index contributed by atoms with van der Waals surface area (Å²) in [6, 6.07) is 6.53. The number of rotatable bonds is 10. The summed E-state index contributed by atoms with van der Waals surface area (Å²) in [6.07, 6.45) is 2.20. The summed E-state index contributed by atoms with van der Waals surface area (Å²) in [4.78, 5) is 14.0. The van der Waals surface area contributed by atoms with E-state index in [0.29, 0.717) is 19.1 Å². The molecule has 0 aromatic heterocycles. The second-order valence-corrected chi connectivity index (χ2v) is 5.85. The van der Waals surface area contributed by atoms with E-state index in [9.17, 15) is 4.79 Å². The van der Waals surface area contributed by atoms with E-state index in [4.69, 9.17) is 9.47 Å². The number of hydrogen-bond donors (Lipinski definition) is 0. The Kier molecular flexibility index (Phi) is 8.70. The molecule has 1 rings (SSSR count). The maximum atomic E-state index is 11.6. The van der Waals surface area contributed by atoms with Crippen LogP contribution in [0.1, 0.15) is 57.2 Å². The molecule has 4 nitrogen and oxygen atoms in total. The average molecular weight is 321 g/mol. The first-order chi connectivity index (χ1) is 11.0. The highest BCUT2D eigenvalue weighted by Gasteiger charge is 2.16. The predicted molar refractivity (Wildman–Crippen MR) is 93.9 cm³/mol. The molecule has 0 saturated heterocycles. The van der Waals surface area contributed by atoms with Crippen LogP contribution >= 0.6 is 0 Å². The molecule has 0 N–H and O–H groups in total. The monoisotopic (exact) mass is 321 g/mol. The predicted octanol–water partition coefficient (Wildman–Crippen LogP) is 4.12. The Balaban J connectivity index is 2.58. The van der Waals surface area contributed by atoms with Gasteiger partial charge in [0.15, 0.2) is 0 Å². The van der Waals surface area contributed by atoms with E-state index >= 15 is 0 Å². The van der Waals surface area contributed by atoms with Crippen molar-refractivity contribution in [2.75, 3.05) is 26.8 Å². The fraction of sp³-hybridized carbons (Fsp3) is 0.632. The average Bonchev–Trinajstić information content (AvgIpc) is 2.56. The van der Waals surface area contributed by atoms with Crippen LogP contribution in [0.3, 0.4) is 0 Å². The number of carbonyl (C=O) groups excluding carboxylic acids is 1. The minimum absolute atomic E-state index is 0.0869. The third-order valence-corrected chi connectivity index (χ3v) is 4.17. The van der Waals surface area contributed by atoms with Crippen molar-refractivity contribution in [2.24, 2.45) is 0 Å². The van der Waals surface area contributed by atoms with Crippen LogP contribution in [0.4, 0.5) is 0 Å². The molecule has 0 aliphatic heterocycles. The van der Waals surface area contributed by atoms with Crippen LogP contribution in [0.15, 0.2) is 18.2 Å². The van der Waals surface area contributed by atoms with Gasteiger partial charge in [-0.25, -0.2) is 0 Å². The molecule has 0 amide bonds. The first-order valence-electron chi connectivity index (χ1n) is 8.57. The Morgan fingerprint density at radius 1 is 1.30 bits per heavy atom. The highest BCUT2D eigenvalue weighted by molar-refractivity contribution is 5.69. The van der Waals surface area contributed by atoms with Crippen molar-refractivity contribution in [3.8, 4) is 5.75 Å². The zero-order valence-corrected chi connectivity index (χ0v) is 15.2. The summed E-state index contributed by atoms with van der Waals surface area (Å²) >= 11 is 0. The second kappa shape index (κ2) is 10.3. The van der Waals surface area contributed by atoms with Gasteiger partial charge in [-0.2, -0.15) is 0 Å². The molecule has 130 valence electrons. The maximum absolute atomic E-state index is 11.6. The minimum Gasteiger partial charge on any atom is -0.497 e. The van der Waals surface area contributed by atoms with Crippen LogP contribution < -0.4 is 4.74 Å². The largest absolute Gasteiger partial charge is 0.497 e. The lowest BCUT2D eigenvalue weighted by Gasteiger charge is -2.29. The van der Waals surface area contributed by atoms with Crippen molar-refractivity contribution in [3.05, 3.63) is 29.3 Å². The number of methoxy groups -OCH3 is 1. The molecule has 0 spiro atoms. The van der Waals surface area contributed by atoms with Gasteiger partial charge in [0.25, 0.3) is 0 Å². The Morgan fingerprint density at radius 2 is 2.04 bits per heavy atom. The van der Waals surface area contributed by atoms with Gasteiger partial charge in [-0.3, -0.25) is 9.69 Å². The number of ether oxygens (including phenoxy) is 2. The molecule has 1 aromatic carbocycles. The van der Waals surface area contributed by atoms with Crippen LogP contribution in [-0.2, 0) is 9.53 Å². The molecule has 1 aromatic rings. The Bertz CT molecular complexity index is 488. The Hall–Kier alpha value is -1.55. The lowest BCUT2D eigenvalue weighted by molar-refractivity contribution is -0.143. The molecular formula is C19H31NO3. The van der Waals surface area contributed by atoms with E-state index in [0.717, 1.165) is 31.7 Å². The molecule has 0 bridgehead atoms. The summed E-state index contributed by atoms with van der Waals surface area (Å²) in [5, 5.41) is 0. The quantitative estimate of drug-likeness (QED) is 0.608. The minimum atomic E-state index is -0.0869. The first kappa shape index (κ1) is 19.5. The van der Waals surface area contributed by atoms with Gasteiger partial charge in [0.1, 0.15) is 5.75 Å². The lowest BCUT2D eigenvalue weighted by Crippen LogP contribution is -2.28. The van der Waals surface area contributed by atoms with Gasteiger partial charge in [-0.05, 0) is 63.0 Å². The number of hydrogen-bond acceptors (Lipinski definition) is 4. The highest BCUT2D eigenvalue weighted by atomic mass is 16.5. The van der Waals surface area contributed by atoms with E-state index in [2.05, 4.69) is 37.8 Å². The van der Waals surface area contributed by atoms with Crippen molar-refractivity contribution in [1.82, 2.24) is 4.90 Å². The summed E-state index contributed by atoms with van der Waals surface area (Å²) in [5.74, 6) is 0.802. The molecule has 0 heterocycles. The third-order valence-electron chi connectivity index (χ3n) is 4.17. The van der Waals surface area contributed by atoms with Crippen molar-refractivity contribution < 1.29 is 14.3 Å². The molecule has 0 radical (unpaired) electrons. The van der Waals surface area contributed by atoms with Gasteiger partial charge >= 0.3 is 5.97 Å². The Morgan fingerprint density at radius 3 is 2.61 bits per heavy atom. The standard InChI is InChI=1S/C19H31NO3/c1-6-13-23-19(21)9-8-12-20(7-2)16(4)18-11-10-17(22-5)14-15(18)3/h10-11,14,16H,6-9,12-13H2,1-5H3. The Labute approximate surface area is 140 Å². The normalized spacial score (nSPS) is 12.3. The topological polar surface area (TPSA) is 38.8 Å². The van der Waals surface area contributed by atoms with Crippen molar-refractivity contribution in [1.29, 1.82) is 0 Å². The SMILES string of the molecule is CCCOC(=O)CCCN(CC)C(C)c1ccc(OC)cc1C. The van der Waals surface area contributed by atoms with E-state index in [1.807, 2.05) is 13.0 Å². The highest BCUT2D eigenvalue weighted by Crippen LogP contribution is 2.26. The molecule has 0 aliphatic carbocycles. The van der Waals surface area contributed by atoms with Gasteiger partial charge in [-0.15, -0.1) is 0 Å². The number of benzene rings is 1. The molecule has 4 heteroatoms. The number of esters is 1. The van der Waals surface area contributed by atoms with E-state index in [-0.39, 0.29) is 5.97 Å². The molecule has 0 fully saturated rings. The van der Waals surface area contributed by atoms with Crippen LogP contribution in [0.2, 0.25) is 0 Å². The van der Waals surface area contributed by atoms with Crippen LogP contribution in [0.5, 0.6) is 5.75 Å². The summed E-state index contributed by atoms with van der Waals surface area (Å²) in [5.41, 5.74) is 2.54. The zero-order valence-electron chi connectivity index (χ0n) is 15.2. The van der Waals surface area contributed by atoms with Crippen molar-refractivity contribution in [3.63, 3.8) is 0 Å². The molecule has 23 heavy (non-hydrogen) atoms. The van der Waals surface area contributed by atoms with Gasteiger partial charge in [0, 0.05) is 12.5 Å². The maximum Gasteiger partial charge on any atom is 0.305 e. The first-order valence-corrected chi connectivity index (χ1v) is 8.57. The van der Waals surface area contributed by atoms with Crippen LogP contribution in [0.25, 0.3) is 0 Å². The third kappa shape index (κ3) is 6.22. The molecule has 0 saturated carbocycles. The van der Waals surface area contributed by atoms with Crippen LogP contribution in [-0.4, -0.2) is 37.7 Å². The molecule has 1 unspecified atom stereocenters. The van der Waals surface area contributed by atoms with E-state index < -0.39 is 0 Å². The summed E-state index contributed by atoms with van der Waals surface area (Å²) < 4.78 is 10.4. The summed E-state index contributed by atoms with van der Waals surface area (Å²) in [6.45, 7) is 10.9. The van der Waals surface area contributed by atoms with E-state index in [1.54, 1.807) is 7.11 Å². The number of carbonyl (C=O) groups is 1. The lowest BCUT2D eigenvalue weighted by atomic mass is 10.0. The zero-order chi connectivity index (χ0) is 17.2. The fourth-order valence-electron chi connectivity index (χ4n) is 2.78. The van der Waals surface area contributed by atoms with Gasteiger partial charge < -0.3 is 9.47 Å². The second-order valence-electron chi connectivity index (χ2n) is 5.85. The molecule has 0 aliphatic rings. The van der Waals surface area contributed by atoms with E-state index in [1.165, 1.54) is 11.1 Å². The molecular weight excluding hydrogens is 290 g/mol. The van der Waals surface area contributed by atoms with Crippen molar-refractivity contribution >= 4 is 5.97 Å². The van der Waals surface area contributed by atoms with Crippen molar-refractivity contribution in [2.45, 2.75) is 53.0 Å². The van der Waals surface area contributed by atoms with Gasteiger partial charge in [0.2, 0.25) is 0 Å². The smallest absolute Gasteiger partial charge is 0.305 e.